The average Bonchev–Trinajstić information content (AvgIpc) is 3.16. The summed E-state index contributed by atoms with van der Waals surface area (Å²) in [5, 5.41) is 19.1. The minimum Gasteiger partial charge on any atom is -0.504 e. The van der Waals surface area contributed by atoms with Gasteiger partial charge in [0.25, 0.3) is 0 Å². The van der Waals surface area contributed by atoms with Crippen LogP contribution in [0.4, 0.5) is 0 Å². The molecule has 2 N–H and O–H groups in total. The number of carbonyl (C=O) groups is 1. The summed E-state index contributed by atoms with van der Waals surface area (Å²) >= 11 is 0. The number of benzene rings is 2. The molecular formula is C21H27ClN2O3. The summed E-state index contributed by atoms with van der Waals surface area (Å²) < 4.78 is 0. The Bertz CT molecular complexity index is 748. The molecule has 5 nitrogen and oxygen atoms in total. The zero-order valence-corrected chi connectivity index (χ0v) is 16.4. The predicted octanol–water partition coefficient (Wildman–Crippen LogP) is 3.36. The van der Waals surface area contributed by atoms with E-state index in [9.17, 15) is 15.0 Å². The Hall–Kier alpha value is -2.24. The molecule has 1 amide bonds. The number of hydrogen-bond acceptors (Lipinski definition) is 4. The molecule has 3 rings (SSSR count). The third-order valence-corrected chi connectivity index (χ3v) is 5.07. The van der Waals surface area contributed by atoms with Gasteiger partial charge in [-0.1, -0.05) is 36.4 Å². The highest BCUT2D eigenvalue weighted by Crippen LogP contribution is 2.27. The van der Waals surface area contributed by atoms with Crippen molar-refractivity contribution in [2.24, 2.45) is 0 Å². The molecule has 6 heteroatoms. The summed E-state index contributed by atoms with van der Waals surface area (Å²) in [6, 6.07) is 14.6. The number of likely N-dealkylation sites (tertiary alicyclic amines) is 1. The molecule has 146 valence electrons. The number of aromatic hydroxyl groups is 2. The monoisotopic (exact) mass is 390 g/mol. The fourth-order valence-corrected chi connectivity index (χ4v) is 3.49. The van der Waals surface area contributed by atoms with Crippen molar-refractivity contribution in [1.82, 2.24) is 9.80 Å². The van der Waals surface area contributed by atoms with Crippen LogP contribution in [0.25, 0.3) is 0 Å². The molecule has 0 unspecified atom stereocenters. The second-order valence-corrected chi connectivity index (χ2v) is 6.94. The van der Waals surface area contributed by atoms with Crippen LogP contribution in [0, 0.1) is 0 Å². The fourth-order valence-electron chi connectivity index (χ4n) is 3.49. The smallest absolute Gasteiger partial charge is 0.227 e. The van der Waals surface area contributed by atoms with Crippen LogP contribution in [0.2, 0.25) is 0 Å². The minimum atomic E-state index is -0.199. The van der Waals surface area contributed by atoms with Crippen molar-refractivity contribution in [3.63, 3.8) is 0 Å². The molecule has 2 aromatic carbocycles. The molecular weight excluding hydrogens is 364 g/mol. The van der Waals surface area contributed by atoms with Gasteiger partial charge in [0.2, 0.25) is 5.91 Å². The third kappa shape index (κ3) is 5.37. The van der Waals surface area contributed by atoms with Gasteiger partial charge in [0.05, 0.1) is 12.5 Å². The summed E-state index contributed by atoms with van der Waals surface area (Å²) in [6.07, 6.45) is 2.62. The van der Waals surface area contributed by atoms with Gasteiger partial charge < -0.3 is 20.0 Å². The topological polar surface area (TPSA) is 64.0 Å². The molecule has 1 aliphatic heterocycles. The number of rotatable bonds is 6. The number of phenols is 2. The van der Waals surface area contributed by atoms with Gasteiger partial charge in [-0.25, -0.2) is 0 Å². The summed E-state index contributed by atoms with van der Waals surface area (Å²) in [5.74, 6) is -0.386. The molecule has 0 radical (unpaired) electrons. The number of likely N-dealkylation sites (N-methyl/N-ethyl adjacent to an activating group) is 1. The quantitative estimate of drug-likeness (QED) is 0.742. The lowest BCUT2D eigenvalue weighted by Gasteiger charge is -2.32. The van der Waals surface area contributed by atoms with E-state index in [4.69, 9.17) is 0 Å². The van der Waals surface area contributed by atoms with Gasteiger partial charge in [-0.05, 0) is 49.2 Å². The van der Waals surface area contributed by atoms with Gasteiger partial charge in [0.1, 0.15) is 0 Å². The maximum Gasteiger partial charge on any atom is 0.227 e. The van der Waals surface area contributed by atoms with Crippen LogP contribution in [0.5, 0.6) is 11.5 Å². The first-order valence-electron chi connectivity index (χ1n) is 9.08. The zero-order valence-electron chi connectivity index (χ0n) is 15.5. The normalized spacial score (nSPS) is 15.1. The molecule has 0 bridgehead atoms. The zero-order chi connectivity index (χ0) is 18.5. The maximum atomic E-state index is 12.9. The molecule has 1 atom stereocenters. The van der Waals surface area contributed by atoms with E-state index in [1.807, 2.05) is 25.2 Å². The number of amides is 1. The summed E-state index contributed by atoms with van der Waals surface area (Å²) in [5.41, 5.74) is 1.81. The second kappa shape index (κ2) is 9.62. The lowest BCUT2D eigenvalue weighted by Crippen LogP contribution is -2.39. The van der Waals surface area contributed by atoms with Gasteiger partial charge >= 0.3 is 0 Å². The van der Waals surface area contributed by atoms with Crippen LogP contribution >= 0.6 is 12.4 Å². The van der Waals surface area contributed by atoms with E-state index < -0.39 is 0 Å². The number of carbonyl (C=O) groups excluding carboxylic acids is 1. The van der Waals surface area contributed by atoms with E-state index in [1.54, 1.807) is 11.0 Å². The Kier molecular flexibility index (Phi) is 7.51. The first-order valence-corrected chi connectivity index (χ1v) is 9.08. The molecule has 27 heavy (non-hydrogen) atoms. The Morgan fingerprint density at radius 2 is 1.74 bits per heavy atom. The molecule has 0 saturated carbocycles. The third-order valence-electron chi connectivity index (χ3n) is 5.07. The van der Waals surface area contributed by atoms with Crippen LogP contribution in [-0.4, -0.2) is 52.6 Å². The molecule has 2 aromatic rings. The van der Waals surface area contributed by atoms with Gasteiger partial charge in [0.15, 0.2) is 11.5 Å². The molecule has 1 aliphatic rings. The Morgan fingerprint density at radius 3 is 2.37 bits per heavy atom. The molecule has 0 spiro atoms. The largest absolute Gasteiger partial charge is 0.504 e. The average molecular weight is 391 g/mol. The lowest BCUT2D eigenvalue weighted by molar-refractivity contribution is -0.131. The number of hydrogen-bond donors (Lipinski definition) is 2. The summed E-state index contributed by atoms with van der Waals surface area (Å²) in [6.45, 7) is 2.99. The Balaban J connectivity index is 0.00000261. The van der Waals surface area contributed by atoms with Crippen LogP contribution in [-0.2, 0) is 11.2 Å². The van der Waals surface area contributed by atoms with E-state index in [2.05, 4.69) is 17.0 Å². The number of halogens is 1. The van der Waals surface area contributed by atoms with Gasteiger partial charge in [-0.2, -0.15) is 0 Å². The van der Waals surface area contributed by atoms with Gasteiger partial charge in [-0.3, -0.25) is 4.79 Å². The highest BCUT2D eigenvalue weighted by atomic mass is 35.5. The van der Waals surface area contributed by atoms with Crippen molar-refractivity contribution in [2.75, 3.05) is 26.7 Å². The Labute approximate surface area is 166 Å². The maximum absolute atomic E-state index is 12.9. The number of phenolic OH excluding ortho intramolecular Hbond substituents is 2. The standard InChI is InChI=1S/C21H26N2O3.ClH/c1-22(21(26)14-16-9-10-19(24)20(25)13-16)18(15-23-11-5-6-12-23)17-7-3-2-4-8-17;/h2-4,7-10,13,18,24-25H,5-6,11-12,14-15H2,1H3;1H/t18-;/m1./s1. The van der Waals surface area contributed by atoms with Crippen molar-refractivity contribution in [3.8, 4) is 11.5 Å². The van der Waals surface area contributed by atoms with Crippen molar-refractivity contribution in [1.29, 1.82) is 0 Å². The van der Waals surface area contributed by atoms with Crippen LogP contribution < -0.4 is 0 Å². The first-order chi connectivity index (χ1) is 12.5. The SMILES string of the molecule is CN(C(=O)Cc1ccc(O)c(O)c1)[C@H](CN1CCCC1)c1ccccc1.Cl. The molecule has 1 heterocycles. The first kappa shape index (κ1) is 21.1. The van der Waals surface area contributed by atoms with Crippen LogP contribution in [0.1, 0.15) is 30.0 Å². The van der Waals surface area contributed by atoms with Crippen molar-refractivity contribution in [3.05, 3.63) is 59.7 Å². The summed E-state index contributed by atoms with van der Waals surface area (Å²) in [4.78, 5) is 17.1. The molecule has 1 saturated heterocycles. The van der Waals surface area contributed by atoms with Gasteiger partial charge in [-0.15, -0.1) is 12.4 Å². The van der Waals surface area contributed by atoms with E-state index in [-0.39, 0.29) is 42.3 Å². The number of nitrogens with zero attached hydrogens (tertiary/aromatic N) is 2. The van der Waals surface area contributed by atoms with Crippen LogP contribution in [0.3, 0.4) is 0 Å². The molecule has 0 aliphatic carbocycles. The summed E-state index contributed by atoms with van der Waals surface area (Å²) in [7, 11) is 1.84. The van der Waals surface area contributed by atoms with E-state index >= 15 is 0 Å². The van der Waals surface area contributed by atoms with Crippen molar-refractivity contribution < 1.29 is 15.0 Å². The van der Waals surface area contributed by atoms with Gasteiger partial charge in [0, 0.05) is 13.6 Å². The van der Waals surface area contributed by atoms with E-state index in [1.165, 1.54) is 25.0 Å². The fraction of sp³-hybridized carbons (Fsp3) is 0.381. The van der Waals surface area contributed by atoms with Crippen molar-refractivity contribution in [2.45, 2.75) is 25.3 Å². The second-order valence-electron chi connectivity index (χ2n) is 6.94. The Morgan fingerprint density at radius 1 is 1.07 bits per heavy atom. The highest BCUT2D eigenvalue weighted by Gasteiger charge is 2.25. The predicted molar refractivity (Wildman–Crippen MR) is 108 cm³/mol. The molecule has 0 aromatic heterocycles. The van der Waals surface area contributed by atoms with E-state index in [0.29, 0.717) is 5.56 Å². The lowest BCUT2D eigenvalue weighted by atomic mass is 10.0. The molecule has 1 fully saturated rings. The minimum absolute atomic E-state index is 0. The highest BCUT2D eigenvalue weighted by molar-refractivity contribution is 5.85. The van der Waals surface area contributed by atoms with E-state index in [0.717, 1.165) is 25.2 Å². The van der Waals surface area contributed by atoms with Crippen LogP contribution in [0.15, 0.2) is 48.5 Å². The van der Waals surface area contributed by atoms with Crippen molar-refractivity contribution >= 4 is 18.3 Å².